The number of carbonyl (C=O) groups excluding carboxylic acids is 2. The number of carbonyl (C=O) groups is 2. The average Bonchev–Trinajstić information content (AvgIpc) is 3.03. The summed E-state index contributed by atoms with van der Waals surface area (Å²) in [5.41, 5.74) is 2.02. The third-order valence-corrected chi connectivity index (χ3v) is 3.72. The number of nitrogens with zero attached hydrogens (tertiary/aromatic N) is 1. The van der Waals surface area contributed by atoms with Crippen molar-refractivity contribution in [2.45, 2.75) is 6.92 Å². The highest BCUT2D eigenvalue weighted by Gasteiger charge is 2.21. The van der Waals surface area contributed by atoms with Gasteiger partial charge in [0.15, 0.2) is 0 Å². The lowest BCUT2D eigenvalue weighted by atomic mass is 10.1. The quantitative estimate of drug-likeness (QED) is 0.888. The van der Waals surface area contributed by atoms with E-state index in [0.29, 0.717) is 30.9 Å². The normalized spacial score (nSPS) is 13.5. The number of hydrogen-bond acceptors (Lipinski definition) is 3. The molecule has 1 aliphatic rings. The van der Waals surface area contributed by atoms with E-state index in [4.69, 9.17) is 4.74 Å². The van der Waals surface area contributed by atoms with Crippen LogP contribution < -0.4 is 20.3 Å². The van der Waals surface area contributed by atoms with Gasteiger partial charge in [0, 0.05) is 30.0 Å². The molecule has 0 aliphatic carbocycles. The summed E-state index contributed by atoms with van der Waals surface area (Å²) in [5, 5.41) is 5.59. The molecule has 2 aromatic carbocycles. The highest BCUT2D eigenvalue weighted by molar-refractivity contribution is 6.04. The minimum atomic E-state index is -0.198. The van der Waals surface area contributed by atoms with Gasteiger partial charge in [0.25, 0.3) is 5.91 Å². The van der Waals surface area contributed by atoms with Crippen molar-refractivity contribution in [3.63, 3.8) is 0 Å². The van der Waals surface area contributed by atoms with E-state index in [-0.39, 0.29) is 11.9 Å². The van der Waals surface area contributed by atoms with Crippen molar-refractivity contribution in [2.24, 2.45) is 0 Å². The molecular weight excluding hydrogens is 306 g/mol. The predicted molar refractivity (Wildman–Crippen MR) is 92.8 cm³/mol. The monoisotopic (exact) mass is 325 g/mol. The van der Waals surface area contributed by atoms with Crippen LogP contribution in [-0.2, 0) is 0 Å². The minimum Gasteiger partial charge on any atom is -0.494 e. The molecule has 1 saturated heterocycles. The summed E-state index contributed by atoms with van der Waals surface area (Å²) in [6.07, 6.45) is 0. The van der Waals surface area contributed by atoms with Crippen molar-refractivity contribution in [1.82, 2.24) is 5.32 Å². The molecule has 6 nitrogen and oxygen atoms in total. The van der Waals surface area contributed by atoms with Crippen molar-refractivity contribution in [3.8, 4) is 5.75 Å². The Hall–Kier alpha value is -3.02. The maximum atomic E-state index is 12.3. The Balaban J connectivity index is 1.65. The number of nitrogens with one attached hydrogen (secondary N) is 2. The van der Waals surface area contributed by atoms with Crippen molar-refractivity contribution in [3.05, 3.63) is 54.1 Å². The molecule has 0 spiro atoms. The molecule has 0 aromatic heterocycles. The lowest BCUT2D eigenvalue weighted by Gasteiger charge is -2.14. The standard InChI is InChI=1S/C18H19N3O3/c1-2-24-16-9-5-14(6-10-16)20-17(22)13-3-7-15(8-4-13)21-12-11-19-18(21)23/h3-10H,2,11-12H2,1H3,(H,19,23)(H,20,22). The topological polar surface area (TPSA) is 70.7 Å². The van der Waals surface area contributed by atoms with Gasteiger partial charge in [-0.2, -0.15) is 0 Å². The summed E-state index contributed by atoms with van der Waals surface area (Å²) in [5.74, 6) is 0.570. The average molecular weight is 325 g/mol. The van der Waals surface area contributed by atoms with Gasteiger partial charge in [-0.3, -0.25) is 9.69 Å². The van der Waals surface area contributed by atoms with Gasteiger partial charge in [-0.1, -0.05) is 0 Å². The van der Waals surface area contributed by atoms with Crippen LogP contribution in [0.1, 0.15) is 17.3 Å². The molecule has 1 fully saturated rings. The highest BCUT2D eigenvalue weighted by atomic mass is 16.5. The van der Waals surface area contributed by atoms with Gasteiger partial charge >= 0.3 is 6.03 Å². The Labute approximate surface area is 140 Å². The molecule has 0 bridgehead atoms. The summed E-state index contributed by atoms with van der Waals surface area (Å²) in [4.78, 5) is 25.6. The predicted octanol–water partition coefficient (Wildman–Crippen LogP) is 2.87. The Bertz CT molecular complexity index is 726. The summed E-state index contributed by atoms with van der Waals surface area (Å²) in [6, 6.07) is 14.1. The van der Waals surface area contributed by atoms with Crippen LogP contribution in [0.25, 0.3) is 0 Å². The van der Waals surface area contributed by atoms with Crippen LogP contribution in [-0.4, -0.2) is 31.6 Å². The molecule has 0 unspecified atom stereocenters. The summed E-state index contributed by atoms with van der Waals surface area (Å²) in [6.45, 7) is 3.80. The molecule has 24 heavy (non-hydrogen) atoms. The smallest absolute Gasteiger partial charge is 0.321 e. The van der Waals surface area contributed by atoms with Crippen LogP contribution in [0, 0.1) is 0 Å². The first-order valence-electron chi connectivity index (χ1n) is 7.87. The van der Waals surface area contributed by atoms with E-state index in [1.807, 2.05) is 19.1 Å². The minimum absolute atomic E-state index is 0.110. The van der Waals surface area contributed by atoms with Crippen LogP contribution in [0.15, 0.2) is 48.5 Å². The number of hydrogen-bond donors (Lipinski definition) is 2. The van der Waals surface area contributed by atoms with E-state index in [1.165, 1.54) is 0 Å². The SMILES string of the molecule is CCOc1ccc(NC(=O)c2ccc(N3CCNC3=O)cc2)cc1. The van der Waals surface area contributed by atoms with E-state index < -0.39 is 0 Å². The molecule has 0 atom stereocenters. The fourth-order valence-electron chi connectivity index (χ4n) is 2.52. The van der Waals surface area contributed by atoms with Crippen molar-refractivity contribution in [1.29, 1.82) is 0 Å². The number of rotatable bonds is 5. The first kappa shape index (κ1) is 15.9. The second-order valence-electron chi connectivity index (χ2n) is 5.34. The van der Waals surface area contributed by atoms with E-state index in [0.717, 1.165) is 11.4 Å². The molecular formula is C18H19N3O3. The zero-order chi connectivity index (χ0) is 16.9. The molecule has 1 aliphatic heterocycles. The lowest BCUT2D eigenvalue weighted by Crippen LogP contribution is -2.27. The number of urea groups is 1. The molecule has 2 N–H and O–H groups in total. The zero-order valence-corrected chi connectivity index (χ0v) is 13.4. The van der Waals surface area contributed by atoms with Crippen LogP contribution >= 0.6 is 0 Å². The van der Waals surface area contributed by atoms with Crippen LogP contribution in [0.5, 0.6) is 5.75 Å². The molecule has 124 valence electrons. The first-order valence-corrected chi connectivity index (χ1v) is 7.87. The van der Waals surface area contributed by atoms with Crippen LogP contribution in [0.4, 0.5) is 16.2 Å². The van der Waals surface area contributed by atoms with E-state index in [9.17, 15) is 9.59 Å². The van der Waals surface area contributed by atoms with Crippen molar-refractivity contribution in [2.75, 3.05) is 29.9 Å². The number of anilines is 2. The Morgan fingerprint density at radius 3 is 2.46 bits per heavy atom. The number of amides is 3. The highest BCUT2D eigenvalue weighted by Crippen LogP contribution is 2.19. The van der Waals surface area contributed by atoms with Gasteiger partial charge in [-0.25, -0.2) is 4.79 Å². The number of benzene rings is 2. The summed E-state index contributed by atoms with van der Waals surface area (Å²) < 4.78 is 5.37. The Kier molecular flexibility index (Phi) is 4.65. The second kappa shape index (κ2) is 7.04. The fourth-order valence-corrected chi connectivity index (χ4v) is 2.52. The van der Waals surface area contributed by atoms with Gasteiger partial charge in [0.2, 0.25) is 0 Å². The van der Waals surface area contributed by atoms with Crippen LogP contribution in [0.3, 0.4) is 0 Å². The Morgan fingerprint density at radius 2 is 1.88 bits per heavy atom. The first-order chi connectivity index (χ1) is 11.7. The van der Waals surface area contributed by atoms with Gasteiger partial charge in [-0.05, 0) is 55.5 Å². The summed E-state index contributed by atoms with van der Waals surface area (Å²) in [7, 11) is 0. The molecule has 3 rings (SSSR count). The Morgan fingerprint density at radius 1 is 1.17 bits per heavy atom. The third kappa shape index (κ3) is 3.48. The number of ether oxygens (including phenoxy) is 1. The van der Waals surface area contributed by atoms with E-state index in [1.54, 1.807) is 41.3 Å². The third-order valence-electron chi connectivity index (χ3n) is 3.72. The molecule has 1 heterocycles. The van der Waals surface area contributed by atoms with E-state index in [2.05, 4.69) is 10.6 Å². The fraction of sp³-hybridized carbons (Fsp3) is 0.222. The maximum absolute atomic E-state index is 12.3. The van der Waals surface area contributed by atoms with Crippen molar-refractivity contribution < 1.29 is 14.3 Å². The molecule has 3 amide bonds. The van der Waals surface area contributed by atoms with Gasteiger partial charge < -0.3 is 15.4 Å². The van der Waals surface area contributed by atoms with E-state index >= 15 is 0 Å². The van der Waals surface area contributed by atoms with Crippen molar-refractivity contribution >= 4 is 23.3 Å². The van der Waals surface area contributed by atoms with Crippen LogP contribution in [0.2, 0.25) is 0 Å². The van der Waals surface area contributed by atoms with Gasteiger partial charge in [0.05, 0.1) is 6.61 Å². The molecule has 0 saturated carbocycles. The van der Waals surface area contributed by atoms with Gasteiger partial charge in [0.1, 0.15) is 5.75 Å². The largest absolute Gasteiger partial charge is 0.494 e. The molecule has 0 radical (unpaired) electrons. The lowest BCUT2D eigenvalue weighted by molar-refractivity contribution is 0.102. The molecule has 2 aromatic rings. The van der Waals surface area contributed by atoms with Gasteiger partial charge in [-0.15, -0.1) is 0 Å². The molecule has 6 heteroatoms. The summed E-state index contributed by atoms with van der Waals surface area (Å²) >= 11 is 0. The zero-order valence-electron chi connectivity index (χ0n) is 13.4. The second-order valence-corrected chi connectivity index (χ2v) is 5.34. The maximum Gasteiger partial charge on any atom is 0.321 e.